The first-order valence-electron chi connectivity index (χ1n) is 5.84. The number of thiol groups is 1. The minimum Gasteiger partial charge on any atom is -0.352 e. The Labute approximate surface area is 117 Å². The van der Waals surface area contributed by atoms with Crippen LogP contribution in [0.5, 0.6) is 0 Å². The summed E-state index contributed by atoms with van der Waals surface area (Å²) in [6, 6.07) is 3.91. The van der Waals surface area contributed by atoms with Crippen LogP contribution in [0.3, 0.4) is 0 Å². The number of amides is 2. The van der Waals surface area contributed by atoms with Crippen molar-refractivity contribution in [1.82, 2.24) is 10.2 Å². The molecule has 19 heavy (non-hydrogen) atoms. The first kappa shape index (κ1) is 15.5. The molecular weight excluding hydrogens is 267 g/mol. The first-order valence-corrected chi connectivity index (χ1v) is 6.29. The van der Waals surface area contributed by atoms with Crippen molar-refractivity contribution in [3.05, 3.63) is 29.6 Å². The van der Waals surface area contributed by atoms with Gasteiger partial charge in [0.25, 0.3) is 5.91 Å². The Balaban J connectivity index is 2.71. The van der Waals surface area contributed by atoms with E-state index in [0.29, 0.717) is 5.56 Å². The summed E-state index contributed by atoms with van der Waals surface area (Å²) < 4.78 is 13.1. The molecule has 1 aromatic carbocycles. The lowest BCUT2D eigenvalue weighted by atomic mass is 10.2. The fourth-order valence-corrected chi connectivity index (χ4v) is 1.73. The number of hydrogen-bond acceptors (Lipinski definition) is 3. The molecular formula is C13H17FN2O2S. The van der Waals surface area contributed by atoms with Crippen LogP contribution < -0.4 is 5.32 Å². The van der Waals surface area contributed by atoms with E-state index in [1.165, 1.54) is 30.1 Å². The number of nitrogens with one attached hydrogen (secondary N) is 1. The summed E-state index contributed by atoms with van der Waals surface area (Å²) in [7, 11) is 1.52. The molecule has 0 aliphatic heterocycles. The molecule has 1 rings (SSSR count). The van der Waals surface area contributed by atoms with Gasteiger partial charge in [-0.2, -0.15) is 0 Å². The van der Waals surface area contributed by atoms with Gasteiger partial charge in [-0.25, -0.2) is 4.39 Å². The standard InChI is InChI=1S/C13H17FN2O2S/c1-8(2)15-12(17)7-16(3)13(18)9-4-5-10(14)11(19)6-9/h4-6,8,19H,7H2,1-3H3,(H,15,17). The highest BCUT2D eigenvalue weighted by Gasteiger charge is 2.16. The molecule has 2 amide bonds. The number of hydrogen-bond donors (Lipinski definition) is 2. The van der Waals surface area contributed by atoms with Crippen molar-refractivity contribution in [3.8, 4) is 0 Å². The summed E-state index contributed by atoms with van der Waals surface area (Å²) in [4.78, 5) is 24.9. The summed E-state index contributed by atoms with van der Waals surface area (Å²) >= 11 is 3.92. The van der Waals surface area contributed by atoms with E-state index in [1.807, 2.05) is 13.8 Å². The molecule has 4 nitrogen and oxygen atoms in total. The van der Waals surface area contributed by atoms with Gasteiger partial charge in [-0.1, -0.05) is 0 Å². The SMILES string of the molecule is CC(C)NC(=O)CN(C)C(=O)c1ccc(F)c(S)c1. The second-order valence-electron chi connectivity index (χ2n) is 4.55. The minimum absolute atomic E-state index is 0.0193. The van der Waals surface area contributed by atoms with E-state index in [0.717, 1.165) is 0 Å². The summed E-state index contributed by atoms with van der Waals surface area (Å²) in [5, 5.41) is 2.69. The van der Waals surface area contributed by atoms with Crippen molar-refractivity contribution in [2.45, 2.75) is 24.8 Å². The maximum atomic E-state index is 13.1. The third-order valence-electron chi connectivity index (χ3n) is 2.37. The van der Waals surface area contributed by atoms with Crippen LogP contribution in [-0.2, 0) is 4.79 Å². The molecule has 0 saturated heterocycles. The van der Waals surface area contributed by atoms with Crippen LogP contribution in [0.25, 0.3) is 0 Å². The molecule has 0 bridgehead atoms. The van der Waals surface area contributed by atoms with Gasteiger partial charge in [0.1, 0.15) is 5.82 Å². The predicted octanol–water partition coefficient (Wildman–Crippen LogP) is 1.71. The molecule has 6 heteroatoms. The van der Waals surface area contributed by atoms with E-state index in [9.17, 15) is 14.0 Å². The zero-order valence-electron chi connectivity index (χ0n) is 11.1. The lowest BCUT2D eigenvalue weighted by Gasteiger charge is -2.18. The normalized spacial score (nSPS) is 10.4. The Morgan fingerprint density at radius 2 is 2.05 bits per heavy atom. The zero-order chi connectivity index (χ0) is 14.6. The average molecular weight is 284 g/mol. The van der Waals surface area contributed by atoms with E-state index in [4.69, 9.17) is 0 Å². The topological polar surface area (TPSA) is 49.4 Å². The van der Waals surface area contributed by atoms with Gasteiger partial charge >= 0.3 is 0 Å². The van der Waals surface area contributed by atoms with Gasteiger partial charge in [0.2, 0.25) is 5.91 Å². The second kappa shape index (κ2) is 6.56. The lowest BCUT2D eigenvalue weighted by Crippen LogP contribution is -2.40. The molecule has 0 heterocycles. The Bertz CT molecular complexity index is 492. The van der Waals surface area contributed by atoms with Crippen molar-refractivity contribution in [2.75, 3.05) is 13.6 Å². The number of likely N-dealkylation sites (N-methyl/N-ethyl adjacent to an activating group) is 1. The molecule has 0 spiro atoms. The minimum atomic E-state index is -0.486. The highest BCUT2D eigenvalue weighted by molar-refractivity contribution is 7.80. The summed E-state index contributed by atoms with van der Waals surface area (Å²) in [5.41, 5.74) is 0.297. The van der Waals surface area contributed by atoms with Crippen LogP contribution in [0.1, 0.15) is 24.2 Å². The van der Waals surface area contributed by atoms with Crippen LogP contribution in [0.4, 0.5) is 4.39 Å². The fraction of sp³-hybridized carbons (Fsp3) is 0.385. The number of carbonyl (C=O) groups excluding carboxylic acids is 2. The summed E-state index contributed by atoms with van der Waals surface area (Å²) in [5.74, 6) is -1.08. The van der Waals surface area contributed by atoms with Gasteiger partial charge in [-0.3, -0.25) is 9.59 Å². The van der Waals surface area contributed by atoms with Crippen LogP contribution >= 0.6 is 12.6 Å². The molecule has 0 radical (unpaired) electrons. The molecule has 1 N–H and O–H groups in total. The molecule has 0 aliphatic carbocycles. The van der Waals surface area contributed by atoms with E-state index >= 15 is 0 Å². The van der Waals surface area contributed by atoms with Gasteiger partial charge in [-0.05, 0) is 32.0 Å². The Morgan fingerprint density at radius 3 is 2.58 bits per heavy atom. The third kappa shape index (κ3) is 4.55. The number of halogens is 1. The van der Waals surface area contributed by atoms with Crippen LogP contribution in [0.2, 0.25) is 0 Å². The largest absolute Gasteiger partial charge is 0.352 e. The maximum Gasteiger partial charge on any atom is 0.254 e. The van der Waals surface area contributed by atoms with E-state index in [2.05, 4.69) is 17.9 Å². The van der Waals surface area contributed by atoms with Gasteiger partial charge in [0.05, 0.1) is 6.54 Å². The monoisotopic (exact) mass is 284 g/mol. The highest BCUT2D eigenvalue weighted by Crippen LogP contribution is 2.15. The predicted molar refractivity (Wildman–Crippen MR) is 73.9 cm³/mol. The number of carbonyl (C=O) groups is 2. The zero-order valence-corrected chi connectivity index (χ0v) is 12.0. The van der Waals surface area contributed by atoms with E-state index in [1.54, 1.807) is 0 Å². The van der Waals surface area contributed by atoms with Crippen LogP contribution in [-0.4, -0.2) is 36.3 Å². The summed E-state index contributed by atoms with van der Waals surface area (Å²) in [6.07, 6.45) is 0. The summed E-state index contributed by atoms with van der Waals surface area (Å²) in [6.45, 7) is 3.63. The quantitative estimate of drug-likeness (QED) is 0.827. The highest BCUT2D eigenvalue weighted by atomic mass is 32.1. The van der Waals surface area contributed by atoms with Gasteiger partial charge in [0.15, 0.2) is 0 Å². The molecule has 1 aromatic rings. The van der Waals surface area contributed by atoms with Crippen molar-refractivity contribution in [3.63, 3.8) is 0 Å². The smallest absolute Gasteiger partial charge is 0.254 e. The van der Waals surface area contributed by atoms with E-state index < -0.39 is 5.82 Å². The third-order valence-corrected chi connectivity index (χ3v) is 2.71. The van der Waals surface area contributed by atoms with Crippen molar-refractivity contribution < 1.29 is 14.0 Å². The van der Waals surface area contributed by atoms with Crippen LogP contribution in [0, 0.1) is 5.82 Å². The maximum absolute atomic E-state index is 13.1. The first-order chi connectivity index (χ1) is 8.81. The Morgan fingerprint density at radius 1 is 1.42 bits per heavy atom. The molecule has 0 atom stereocenters. The molecule has 0 saturated carbocycles. The number of benzene rings is 1. The van der Waals surface area contributed by atoms with Gasteiger partial charge in [-0.15, -0.1) is 12.6 Å². The Hall–Kier alpha value is -1.56. The fourth-order valence-electron chi connectivity index (χ4n) is 1.52. The number of rotatable bonds is 4. The number of nitrogens with zero attached hydrogens (tertiary/aromatic N) is 1. The average Bonchev–Trinajstić information content (AvgIpc) is 2.30. The van der Waals surface area contributed by atoms with Crippen LogP contribution in [0.15, 0.2) is 23.1 Å². The van der Waals surface area contributed by atoms with Gasteiger partial charge < -0.3 is 10.2 Å². The molecule has 0 aliphatic rings. The Kier molecular flexibility index (Phi) is 5.35. The molecule has 104 valence electrons. The van der Waals surface area contributed by atoms with Crippen molar-refractivity contribution in [2.24, 2.45) is 0 Å². The van der Waals surface area contributed by atoms with E-state index in [-0.39, 0.29) is 29.3 Å². The molecule has 0 unspecified atom stereocenters. The molecule has 0 fully saturated rings. The van der Waals surface area contributed by atoms with Crippen molar-refractivity contribution >= 4 is 24.4 Å². The van der Waals surface area contributed by atoms with Gasteiger partial charge in [0, 0.05) is 23.5 Å². The molecule has 0 aromatic heterocycles. The van der Waals surface area contributed by atoms with Crippen molar-refractivity contribution in [1.29, 1.82) is 0 Å². The lowest BCUT2D eigenvalue weighted by molar-refractivity contribution is -0.122. The second-order valence-corrected chi connectivity index (χ2v) is 5.03.